The van der Waals surface area contributed by atoms with Crippen molar-refractivity contribution in [3.8, 4) is 28.4 Å². The molecule has 0 unspecified atom stereocenters. The predicted octanol–water partition coefficient (Wildman–Crippen LogP) is 3.26. The number of amides is 1. The third-order valence-electron chi connectivity index (χ3n) is 5.37. The Kier molecular flexibility index (Phi) is 6.55. The van der Waals surface area contributed by atoms with Crippen molar-refractivity contribution in [3.63, 3.8) is 0 Å². The number of nitrogens with one attached hydrogen (secondary N) is 1. The molecule has 33 heavy (non-hydrogen) atoms. The second kappa shape index (κ2) is 9.54. The number of fused-ring (bicyclic) bond motifs is 1. The first kappa shape index (κ1) is 22.7. The maximum absolute atomic E-state index is 12.2. The topological polar surface area (TPSA) is 90.9 Å². The number of hydrogen-bond acceptors (Lipinski definition) is 6. The molecule has 3 aromatic rings. The molecule has 1 aliphatic heterocycles. The van der Waals surface area contributed by atoms with Crippen LogP contribution in [0.25, 0.3) is 11.1 Å². The van der Waals surface area contributed by atoms with E-state index in [1.54, 1.807) is 43.5 Å². The number of methoxy groups -OCH3 is 1. The molecule has 0 fully saturated rings. The summed E-state index contributed by atoms with van der Waals surface area (Å²) >= 11 is 0. The van der Waals surface area contributed by atoms with Gasteiger partial charge in [0.05, 0.1) is 18.6 Å². The Balaban J connectivity index is 1.32. The van der Waals surface area contributed by atoms with E-state index in [0.29, 0.717) is 29.4 Å². The van der Waals surface area contributed by atoms with E-state index in [4.69, 9.17) is 14.2 Å². The van der Waals surface area contributed by atoms with Gasteiger partial charge in [0.25, 0.3) is 5.91 Å². The van der Waals surface area contributed by atoms with Crippen LogP contribution in [0.3, 0.4) is 0 Å². The molecule has 3 aromatic carbocycles. The van der Waals surface area contributed by atoms with E-state index < -0.39 is 9.84 Å². The molecule has 4 rings (SSSR count). The SMILES string of the molecule is COc1ccccc1OCC(=O)NC[C@H]1Cc2cc(-c3ccc(S(C)(=O)=O)cc3)ccc2O1. The smallest absolute Gasteiger partial charge is 0.258 e. The number of carbonyl (C=O) groups is 1. The fourth-order valence-electron chi connectivity index (χ4n) is 3.67. The summed E-state index contributed by atoms with van der Waals surface area (Å²) in [7, 11) is -1.68. The highest BCUT2D eigenvalue weighted by Crippen LogP contribution is 2.33. The average molecular weight is 468 g/mol. The van der Waals surface area contributed by atoms with Gasteiger partial charge in [0, 0.05) is 12.7 Å². The third kappa shape index (κ3) is 5.46. The number of rotatable bonds is 8. The fourth-order valence-corrected chi connectivity index (χ4v) is 4.30. The second-order valence-corrected chi connectivity index (χ2v) is 9.82. The molecular formula is C25H25NO6S. The fraction of sp³-hybridized carbons (Fsp3) is 0.240. The number of carbonyl (C=O) groups excluding carboxylic acids is 1. The lowest BCUT2D eigenvalue weighted by Crippen LogP contribution is -2.37. The molecule has 1 atom stereocenters. The summed E-state index contributed by atoms with van der Waals surface area (Å²) in [6.07, 6.45) is 1.69. The molecule has 0 saturated carbocycles. The molecule has 0 spiro atoms. The van der Waals surface area contributed by atoms with Crippen molar-refractivity contribution in [1.29, 1.82) is 0 Å². The minimum atomic E-state index is -3.23. The molecule has 1 N–H and O–H groups in total. The van der Waals surface area contributed by atoms with Gasteiger partial charge in [-0.3, -0.25) is 4.79 Å². The van der Waals surface area contributed by atoms with Crippen molar-refractivity contribution in [1.82, 2.24) is 5.32 Å². The lowest BCUT2D eigenvalue weighted by atomic mass is 10.0. The summed E-state index contributed by atoms with van der Waals surface area (Å²) < 4.78 is 40.0. The van der Waals surface area contributed by atoms with Crippen LogP contribution < -0.4 is 19.5 Å². The molecule has 7 nitrogen and oxygen atoms in total. The molecule has 8 heteroatoms. The minimum absolute atomic E-state index is 0.117. The molecule has 1 heterocycles. The van der Waals surface area contributed by atoms with Crippen molar-refractivity contribution < 1.29 is 27.4 Å². The lowest BCUT2D eigenvalue weighted by molar-refractivity contribution is -0.123. The maximum atomic E-state index is 12.2. The molecule has 0 aromatic heterocycles. The number of hydrogen-bond donors (Lipinski definition) is 1. The van der Waals surface area contributed by atoms with Gasteiger partial charge >= 0.3 is 0 Å². The van der Waals surface area contributed by atoms with Gasteiger partial charge in [0.1, 0.15) is 11.9 Å². The molecule has 0 aliphatic carbocycles. The van der Waals surface area contributed by atoms with Crippen molar-refractivity contribution in [3.05, 3.63) is 72.3 Å². The first-order valence-corrected chi connectivity index (χ1v) is 12.4. The molecule has 0 saturated heterocycles. The maximum Gasteiger partial charge on any atom is 0.258 e. The first-order chi connectivity index (χ1) is 15.8. The van der Waals surface area contributed by atoms with E-state index in [2.05, 4.69) is 5.32 Å². The Hall–Kier alpha value is -3.52. The van der Waals surface area contributed by atoms with Crippen LogP contribution in [0, 0.1) is 0 Å². The normalized spacial score (nSPS) is 14.8. The van der Waals surface area contributed by atoms with Gasteiger partial charge in [-0.15, -0.1) is 0 Å². The van der Waals surface area contributed by atoms with E-state index in [1.807, 2.05) is 30.3 Å². The summed E-state index contributed by atoms with van der Waals surface area (Å²) in [4.78, 5) is 12.5. The Labute approximate surface area is 193 Å². The van der Waals surface area contributed by atoms with Gasteiger partial charge in [-0.05, 0) is 53.1 Å². The lowest BCUT2D eigenvalue weighted by Gasteiger charge is -2.13. The molecule has 1 amide bonds. The highest BCUT2D eigenvalue weighted by atomic mass is 32.2. The number of ether oxygens (including phenoxy) is 3. The zero-order chi connectivity index (χ0) is 23.4. The Morgan fingerprint density at radius 3 is 2.42 bits per heavy atom. The van der Waals surface area contributed by atoms with Crippen molar-refractivity contribution in [2.45, 2.75) is 17.4 Å². The van der Waals surface area contributed by atoms with Gasteiger partial charge in [-0.25, -0.2) is 8.42 Å². The molecule has 0 radical (unpaired) electrons. The zero-order valence-corrected chi connectivity index (χ0v) is 19.2. The average Bonchev–Trinajstić information content (AvgIpc) is 3.23. The monoisotopic (exact) mass is 467 g/mol. The summed E-state index contributed by atoms with van der Waals surface area (Å²) in [5.41, 5.74) is 2.95. The molecule has 1 aliphatic rings. The third-order valence-corrected chi connectivity index (χ3v) is 6.50. The standard InChI is InChI=1S/C25H25NO6S/c1-30-23-5-3-4-6-24(23)31-16-25(27)26-15-20-14-19-13-18(9-12-22(19)32-20)17-7-10-21(11-8-17)33(2,28)29/h3-13,20H,14-16H2,1-2H3,(H,26,27)/t20-/m1/s1. The van der Waals surface area contributed by atoms with Crippen LogP contribution in [0.15, 0.2) is 71.6 Å². The van der Waals surface area contributed by atoms with Crippen LogP contribution in [0.4, 0.5) is 0 Å². The quantitative estimate of drug-likeness (QED) is 0.547. The minimum Gasteiger partial charge on any atom is -0.493 e. The molecule has 0 bridgehead atoms. The van der Waals surface area contributed by atoms with Crippen LogP contribution in [0.2, 0.25) is 0 Å². The Morgan fingerprint density at radius 2 is 1.73 bits per heavy atom. The van der Waals surface area contributed by atoms with Gasteiger partial charge < -0.3 is 19.5 Å². The predicted molar refractivity (Wildman–Crippen MR) is 125 cm³/mol. The van der Waals surface area contributed by atoms with Crippen LogP contribution >= 0.6 is 0 Å². The summed E-state index contributed by atoms with van der Waals surface area (Å²) in [6.45, 7) is 0.245. The number of sulfone groups is 1. The van der Waals surface area contributed by atoms with Gasteiger partial charge in [-0.2, -0.15) is 0 Å². The Bertz CT molecular complexity index is 1250. The second-order valence-electron chi connectivity index (χ2n) is 7.81. The number of para-hydroxylation sites is 2. The van der Waals surface area contributed by atoms with E-state index in [9.17, 15) is 13.2 Å². The largest absolute Gasteiger partial charge is 0.493 e. The van der Waals surface area contributed by atoms with Crippen molar-refractivity contribution in [2.24, 2.45) is 0 Å². The van der Waals surface area contributed by atoms with Crippen LogP contribution in [0.1, 0.15) is 5.56 Å². The van der Waals surface area contributed by atoms with Crippen LogP contribution in [-0.2, 0) is 21.1 Å². The summed E-state index contributed by atoms with van der Waals surface area (Å²) in [5, 5.41) is 2.85. The number of benzene rings is 3. The summed E-state index contributed by atoms with van der Waals surface area (Å²) in [5.74, 6) is 1.63. The molecular weight excluding hydrogens is 442 g/mol. The van der Waals surface area contributed by atoms with Crippen molar-refractivity contribution >= 4 is 15.7 Å². The summed E-state index contributed by atoms with van der Waals surface area (Å²) in [6, 6.07) is 19.9. The van der Waals surface area contributed by atoms with Crippen LogP contribution in [-0.4, -0.2) is 46.9 Å². The van der Waals surface area contributed by atoms with Crippen molar-refractivity contribution in [2.75, 3.05) is 26.5 Å². The Morgan fingerprint density at radius 1 is 1.03 bits per heavy atom. The van der Waals surface area contributed by atoms with E-state index in [-0.39, 0.29) is 18.6 Å². The van der Waals surface area contributed by atoms with E-state index in [1.165, 1.54) is 6.26 Å². The van der Waals surface area contributed by atoms with E-state index >= 15 is 0 Å². The molecule has 172 valence electrons. The van der Waals surface area contributed by atoms with Crippen LogP contribution in [0.5, 0.6) is 17.2 Å². The van der Waals surface area contributed by atoms with Gasteiger partial charge in [0.15, 0.2) is 27.9 Å². The van der Waals surface area contributed by atoms with E-state index in [0.717, 1.165) is 22.4 Å². The van der Waals surface area contributed by atoms with Gasteiger partial charge in [0.2, 0.25) is 0 Å². The highest BCUT2D eigenvalue weighted by molar-refractivity contribution is 7.90. The highest BCUT2D eigenvalue weighted by Gasteiger charge is 2.24. The van der Waals surface area contributed by atoms with Gasteiger partial charge in [-0.1, -0.05) is 30.3 Å². The first-order valence-electron chi connectivity index (χ1n) is 10.5. The zero-order valence-electron chi connectivity index (χ0n) is 18.4.